The zero-order valence-corrected chi connectivity index (χ0v) is 13.4. The molecule has 24 heavy (non-hydrogen) atoms. The molecule has 0 bridgehead atoms. The van der Waals surface area contributed by atoms with E-state index in [4.69, 9.17) is 0 Å². The Morgan fingerprint density at radius 3 is 2.17 bits per heavy atom. The van der Waals surface area contributed by atoms with E-state index in [2.05, 4.69) is 18.8 Å². The zero-order chi connectivity index (χ0) is 17.7. The monoisotopic (exact) mass is 342 g/mol. The summed E-state index contributed by atoms with van der Waals surface area (Å²) >= 11 is 0. The summed E-state index contributed by atoms with van der Waals surface area (Å²) < 4.78 is 64.3. The van der Waals surface area contributed by atoms with Gasteiger partial charge in [0.2, 0.25) is 0 Å². The molecular formula is C19H19F5. The van der Waals surface area contributed by atoms with Crippen LogP contribution in [-0.4, -0.2) is 0 Å². The molecule has 0 aromatic heterocycles. The van der Waals surface area contributed by atoms with E-state index in [1.165, 1.54) is 19.3 Å². The van der Waals surface area contributed by atoms with Crippen molar-refractivity contribution in [2.75, 3.05) is 0 Å². The molecule has 0 amide bonds. The van der Waals surface area contributed by atoms with Gasteiger partial charge in [-0.1, -0.05) is 31.3 Å². The maximum absolute atomic E-state index is 13.4. The van der Waals surface area contributed by atoms with Crippen LogP contribution in [0.1, 0.15) is 50.2 Å². The highest BCUT2D eigenvalue weighted by molar-refractivity contribution is 5.40. The van der Waals surface area contributed by atoms with Gasteiger partial charge in [0, 0.05) is 5.56 Å². The Morgan fingerprint density at radius 2 is 1.67 bits per heavy atom. The summed E-state index contributed by atoms with van der Waals surface area (Å²) in [6.45, 7) is 2.19. The first-order chi connectivity index (χ1) is 11.3. The molecule has 1 fully saturated rings. The first-order valence-electron chi connectivity index (χ1n) is 8.05. The fourth-order valence-electron chi connectivity index (χ4n) is 3.01. The van der Waals surface area contributed by atoms with E-state index in [0.29, 0.717) is 18.1 Å². The third-order valence-corrected chi connectivity index (χ3v) is 4.46. The lowest BCUT2D eigenvalue weighted by molar-refractivity contribution is -0.142. The SMILES string of the molecule is CCC1CCC(C=CC#Cc2cc(F)c(C(F)(F)F)c(F)c2)CC1. The molecule has 0 spiro atoms. The number of alkyl halides is 3. The smallest absolute Gasteiger partial charge is 0.206 e. The van der Waals surface area contributed by atoms with Crippen molar-refractivity contribution in [1.82, 2.24) is 0 Å². The summed E-state index contributed by atoms with van der Waals surface area (Å²) in [4.78, 5) is 0. The van der Waals surface area contributed by atoms with Crippen LogP contribution in [0.15, 0.2) is 24.3 Å². The third-order valence-electron chi connectivity index (χ3n) is 4.46. The Morgan fingerprint density at radius 1 is 1.08 bits per heavy atom. The van der Waals surface area contributed by atoms with E-state index in [1.54, 1.807) is 6.08 Å². The lowest BCUT2D eigenvalue weighted by Crippen LogP contribution is -2.12. The van der Waals surface area contributed by atoms with Gasteiger partial charge in [-0.2, -0.15) is 13.2 Å². The first kappa shape index (κ1) is 18.5. The summed E-state index contributed by atoms with van der Waals surface area (Å²) in [7, 11) is 0. The van der Waals surface area contributed by atoms with Crippen LogP contribution < -0.4 is 0 Å². The molecule has 0 heterocycles. The summed E-state index contributed by atoms with van der Waals surface area (Å²) in [6.07, 6.45) is 4.29. The number of halogens is 5. The summed E-state index contributed by atoms with van der Waals surface area (Å²) in [5.41, 5.74) is -1.99. The second-order valence-electron chi connectivity index (χ2n) is 6.13. The lowest BCUT2D eigenvalue weighted by atomic mass is 9.81. The molecule has 1 aliphatic rings. The van der Waals surface area contributed by atoms with Crippen molar-refractivity contribution in [3.63, 3.8) is 0 Å². The normalized spacial score (nSPS) is 21.6. The van der Waals surface area contributed by atoms with E-state index < -0.39 is 23.4 Å². The molecule has 1 aromatic carbocycles. The predicted molar refractivity (Wildman–Crippen MR) is 83.1 cm³/mol. The molecule has 1 aromatic rings. The van der Waals surface area contributed by atoms with Gasteiger partial charge in [0.25, 0.3) is 0 Å². The second kappa shape index (κ2) is 7.83. The molecule has 0 N–H and O–H groups in total. The highest BCUT2D eigenvalue weighted by Gasteiger charge is 2.37. The van der Waals surface area contributed by atoms with Crippen molar-refractivity contribution < 1.29 is 22.0 Å². The minimum atomic E-state index is -5.06. The predicted octanol–water partition coefficient (Wildman–Crippen LogP) is 6.11. The van der Waals surface area contributed by atoms with Crippen LogP contribution in [0.4, 0.5) is 22.0 Å². The minimum Gasteiger partial charge on any atom is -0.206 e. The standard InChI is InChI=1S/C19H19F5/c1-2-13-7-9-14(10-8-13)5-3-4-6-15-11-16(20)18(17(21)12-15)19(22,23)24/h3,5,11-14H,2,7-10H2,1H3. The summed E-state index contributed by atoms with van der Waals surface area (Å²) in [6, 6.07) is 1.22. The van der Waals surface area contributed by atoms with Crippen molar-refractivity contribution in [2.24, 2.45) is 11.8 Å². The lowest BCUT2D eigenvalue weighted by Gasteiger charge is -2.25. The second-order valence-corrected chi connectivity index (χ2v) is 6.13. The van der Waals surface area contributed by atoms with Crippen molar-refractivity contribution >= 4 is 0 Å². The number of rotatable bonds is 2. The number of benzene rings is 1. The largest absolute Gasteiger partial charge is 0.422 e. The van der Waals surface area contributed by atoms with Gasteiger partial charge in [-0.15, -0.1) is 0 Å². The quantitative estimate of drug-likeness (QED) is 0.449. The maximum Gasteiger partial charge on any atom is 0.422 e. The van der Waals surface area contributed by atoms with Crippen molar-refractivity contribution in [3.8, 4) is 11.8 Å². The van der Waals surface area contributed by atoms with Crippen LogP contribution in [0.25, 0.3) is 0 Å². The van der Waals surface area contributed by atoms with Gasteiger partial charge in [-0.25, -0.2) is 8.78 Å². The van der Waals surface area contributed by atoms with Crippen molar-refractivity contribution in [3.05, 3.63) is 47.0 Å². The molecule has 0 saturated heterocycles. The van der Waals surface area contributed by atoms with Crippen molar-refractivity contribution in [1.29, 1.82) is 0 Å². The Balaban J connectivity index is 2.03. The molecule has 130 valence electrons. The van der Waals surface area contributed by atoms with E-state index in [-0.39, 0.29) is 5.56 Å². The molecule has 1 aliphatic carbocycles. The van der Waals surface area contributed by atoms with Crippen LogP contribution in [0, 0.1) is 35.3 Å². The Hall–Kier alpha value is -1.83. The minimum absolute atomic E-state index is 0.114. The van der Waals surface area contributed by atoms with Crippen LogP contribution in [-0.2, 0) is 6.18 Å². The van der Waals surface area contributed by atoms with E-state index >= 15 is 0 Å². The molecule has 0 atom stereocenters. The van der Waals surface area contributed by atoms with Crippen LogP contribution in [0.3, 0.4) is 0 Å². The van der Waals surface area contributed by atoms with Gasteiger partial charge in [0.15, 0.2) is 0 Å². The van der Waals surface area contributed by atoms with Crippen molar-refractivity contribution in [2.45, 2.75) is 45.2 Å². The van der Waals surface area contributed by atoms with E-state index in [0.717, 1.165) is 18.8 Å². The molecule has 0 radical (unpaired) electrons. The molecule has 0 nitrogen and oxygen atoms in total. The Bertz CT molecular complexity index is 630. The molecule has 1 saturated carbocycles. The van der Waals surface area contributed by atoms with Gasteiger partial charge >= 0.3 is 6.18 Å². The molecule has 5 heteroatoms. The number of allylic oxidation sites excluding steroid dienone is 2. The average molecular weight is 342 g/mol. The van der Waals surface area contributed by atoms with Gasteiger partial charge < -0.3 is 0 Å². The van der Waals surface area contributed by atoms with Crippen LogP contribution in [0.2, 0.25) is 0 Å². The van der Waals surface area contributed by atoms with Gasteiger partial charge in [0.05, 0.1) is 0 Å². The van der Waals surface area contributed by atoms with Gasteiger partial charge in [-0.3, -0.25) is 0 Å². The van der Waals surface area contributed by atoms with Crippen LogP contribution >= 0.6 is 0 Å². The fourth-order valence-corrected chi connectivity index (χ4v) is 3.01. The Kier molecular flexibility index (Phi) is 6.04. The van der Waals surface area contributed by atoms with E-state index in [9.17, 15) is 22.0 Å². The highest BCUT2D eigenvalue weighted by atomic mass is 19.4. The third kappa shape index (κ3) is 4.83. The fraction of sp³-hybridized carbons (Fsp3) is 0.474. The topological polar surface area (TPSA) is 0 Å². The molecular weight excluding hydrogens is 323 g/mol. The molecule has 0 unspecified atom stereocenters. The Labute approximate surface area is 138 Å². The average Bonchev–Trinajstić information content (AvgIpc) is 2.50. The molecule has 0 aliphatic heterocycles. The molecule has 2 rings (SSSR count). The van der Waals surface area contributed by atoms with E-state index in [1.807, 2.05) is 6.08 Å². The number of hydrogen-bond donors (Lipinski definition) is 0. The van der Waals surface area contributed by atoms with Gasteiger partial charge in [0.1, 0.15) is 17.2 Å². The maximum atomic E-state index is 13.4. The zero-order valence-electron chi connectivity index (χ0n) is 13.4. The number of hydrogen-bond acceptors (Lipinski definition) is 0. The summed E-state index contributed by atoms with van der Waals surface area (Å²) in [5, 5.41) is 0. The highest BCUT2D eigenvalue weighted by Crippen LogP contribution is 2.34. The summed E-state index contributed by atoms with van der Waals surface area (Å²) in [5.74, 6) is 3.07. The van der Waals surface area contributed by atoms with Gasteiger partial charge in [-0.05, 0) is 55.7 Å². The van der Waals surface area contributed by atoms with Crippen LogP contribution in [0.5, 0.6) is 0 Å². The first-order valence-corrected chi connectivity index (χ1v) is 8.05.